The van der Waals surface area contributed by atoms with Crippen molar-refractivity contribution in [2.24, 2.45) is 0 Å². The molecule has 0 saturated heterocycles. The van der Waals surface area contributed by atoms with Crippen LogP contribution in [0.2, 0.25) is 0 Å². The number of aryl methyl sites for hydroxylation is 2. The van der Waals surface area contributed by atoms with E-state index < -0.39 is 17.5 Å². The van der Waals surface area contributed by atoms with E-state index in [0.717, 1.165) is 38.8 Å². The molecule has 0 fully saturated rings. The standard InChI is InChI=1S/C20H18F2N2O2S/c1-12-5-3-4-6-15(12)20-24-13(2)18(27-20)10-23-19(25)11-26-17-8-7-14(21)9-16(17)22/h3-9H,10-11H2,1-2H3,(H,23,25). The number of nitrogens with one attached hydrogen (secondary N) is 1. The van der Waals surface area contributed by atoms with E-state index in [1.807, 2.05) is 38.1 Å². The van der Waals surface area contributed by atoms with Crippen LogP contribution in [0.4, 0.5) is 8.78 Å². The minimum atomic E-state index is -0.844. The number of aromatic nitrogens is 1. The molecule has 0 unspecified atom stereocenters. The molecule has 0 saturated carbocycles. The first-order valence-electron chi connectivity index (χ1n) is 8.31. The Morgan fingerprint density at radius 1 is 1.19 bits per heavy atom. The minimum Gasteiger partial charge on any atom is -0.481 e. The van der Waals surface area contributed by atoms with Crippen molar-refractivity contribution < 1.29 is 18.3 Å². The van der Waals surface area contributed by atoms with E-state index in [2.05, 4.69) is 10.3 Å². The molecule has 0 bridgehead atoms. The zero-order valence-corrected chi connectivity index (χ0v) is 15.7. The number of benzene rings is 2. The van der Waals surface area contributed by atoms with Crippen molar-refractivity contribution in [3.8, 4) is 16.3 Å². The highest BCUT2D eigenvalue weighted by Gasteiger charge is 2.13. The fourth-order valence-corrected chi connectivity index (χ4v) is 3.58. The summed E-state index contributed by atoms with van der Waals surface area (Å²) in [4.78, 5) is 17.5. The van der Waals surface area contributed by atoms with E-state index in [0.29, 0.717) is 12.6 Å². The number of hydrogen-bond donors (Lipinski definition) is 1. The summed E-state index contributed by atoms with van der Waals surface area (Å²) in [7, 11) is 0. The maximum Gasteiger partial charge on any atom is 0.258 e. The number of thiazole rings is 1. The third-order valence-electron chi connectivity index (χ3n) is 3.97. The van der Waals surface area contributed by atoms with Gasteiger partial charge in [0.15, 0.2) is 18.2 Å². The van der Waals surface area contributed by atoms with Crippen molar-refractivity contribution in [3.63, 3.8) is 0 Å². The Labute approximate surface area is 159 Å². The number of nitrogens with zero attached hydrogens (tertiary/aromatic N) is 1. The Balaban J connectivity index is 1.58. The highest BCUT2D eigenvalue weighted by Crippen LogP contribution is 2.30. The Kier molecular flexibility index (Phi) is 5.81. The predicted octanol–water partition coefficient (Wildman–Crippen LogP) is 4.40. The topological polar surface area (TPSA) is 51.2 Å². The van der Waals surface area contributed by atoms with Gasteiger partial charge >= 0.3 is 0 Å². The molecular weight excluding hydrogens is 370 g/mol. The Bertz CT molecular complexity index is 972. The van der Waals surface area contributed by atoms with Crippen LogP contribution >= 0.6 is 11.3 Å². The molecule has 0 aliphatic rings. The van der Waals surface area contributed by atoms with Gasteiger partial charge in [-0.25, -0.2) is 13.8 Å². The van der Waals surface area contributed by atoms with Gasteiger partial charge in [-0.2, -0.15) is 0 Å². The van der Waals surface area contributed by atoms with Crippen LogP contribution in [0, 0.1) is 25.5 Å². The number of rotatable bonds is 6. The van der Waals surface area contributed by atoms with E-state index in [-0.39, 0.29) is 12.4 Å². The molecule has 1 N–H and O–H groups in total. The van der Waals surface area contributed by atoms with Crippen molar-refractivity contribution in [2.45, 2.75) is 20.4 Å². The van der Waals surface area contributed by atoms with Crippen LogP contribution in [0.25, 0.3) is 10.6 Å². The second kappa shape index (κ2) is 8.26. The molecule has 3 aromatic rings. The molecule has 140 valence electrons. The monoisotopic (exact) mass is 388 g/mol. The van der Waals surface area contributed by atoms with E-state index in [9.17, 15) is 13.6 Å². The number of carbonyl (C=O) groups excluding carboxylic acids is 1. The van der Waals surface area contributed by atoms with Crippen molar-refractivity contribution in [2.75, 3.05) is 6.61 Å². The highest BCUT2D eigenvalue weighted by atomic mass is 32.1. The summed E-state index contributed by atoms with van der Waals surface area (Å²) in [5.74, 6) is -2.11. The second-order valence-electron chi connectivity index (χ2n) is 5.98. The third-order valence-corrected chi connectivity index (χ3v) is 5.16. The number of ether oxygens (including phenoxy) is 1. The normalized spacial score (nSPS) is 10.7. The van der Waals surface area contributed by atoms with Crippen LogP contribution in [-0.4, -0.2) is 17.5 Å². The number of amides is 1. The summed E-state index contributed by atoms with van der Waals surface area (Å²) in [5, 5.41) is 3.63. The van der Waals surface area contributed by atoms with Crippen LogP contribution in [0.5, 0.6) is 5.75 Å². The van der Waals surface area contributed by atoms with Gasteiger partial charge in [0.05, 0.1) is 12.2 Å². The number of hydrogen-bond acceptors (Lipinski definition) is 4. The van der Waals surface area contributed by atoms with Gasteiger partial charge in [-0.15, -0.1) is 11.3 Å². The predicted molar refractivity (Wildman–Crippen MR) is 101 cm³/mol. The summed E-state index contributed by atoms with van der Waals surface area (Å²) in [6, 6.07) is 10.9. The van der Waals surface area contributed by atoms with Crippen LogP contribution in [0.1, 0.15) is 16.1 Å². The van der Waals surface area contributed by atoms with E-state index in [1.54, 1.807) is 0 Å². The van der Waals surface area contributed by atoms with Crippen LogP contribution in [0.15, 0.2) is 42.5 Å². The van der Waals surface area contributed by atoms with Gasteiger partial charge in [-0.05, 0) is 31.5 Å². The molecule has 0 atom stereocenters. The molecule has 27 heavy (non-hydrogen) atoms. The van der Waals surface area contributed by atoms with Gasteiger partial charge in [0.1, 0.15) is 10.8 Å². The summed E-state index contributed by atoms with van der Waals surface area (Å²) < 4.78 is 31.5. The number of carbonyl (C=O) groups is 1. The van der Waals surface area contributed by atoms with Gasteiger partial charge in [-0.1, -0.05) is 24.3 Å². The number of halogens is 2. The summed E-state index contributed by atoms with van der Waals surface area (Å²) in [5.41, 5.74) is 3.05. The minimum absolute atomic E-state index is 0.164. The lowest BCUT2D eigenvalue weighted by Gasteiger charge is -2.08. The lowest BCUT2D eigenvalue weighted by atomic mass is 10.1. The van der Waals surface area contributed by atoms with Gasteiger partial charge in [-0.3, -0.25) is 4.79 Å². The van der Waals surface area contributed by atoms with E-state index in [4.69, 9.17) is 4.74 Å². The third kappa shape index (κ3) is 4.68. The lowest BCUT2D eigenvalue weighted by Crippen LogP contribution is -2.28. The molecule has 3 rings (SSSR count). The molecule has 0 spiro atoms. The maximum absolute atomic E-state index is 13.5. The zero-order chi connectivity index (χ0) is 19.4. The molecule has 1 aromatic heterocycles. The van der Waals surface area contributed by atoms with Crippen LogP contribution in [-0.2, 0) is 11.3 Å². The van der Waals surface area contributed by atoms with Crippen molar-refractivity contribution >= 4 is 17.2 Å². The van der Waals surface area contributed by atoms with Crippen molar-refractivity contribution in [1.29, 1.82) is 0 Å². The fraction of sp³-hybridized carbons (Fsp3) is 0.200. The lowest BCUT2D eigenvalue weighted by molar-refractivity contribution is -0.123. The molecule has 7 heteroatoms. The van der Waals surface area contributed by atoms with Gasteiger partial charge in [0.25, 0.3) is 5.91 Å². The zero-order valence-electron chi connectivity index (χ0n) is 14.9. The largest absolute Gasteiger partial charge is 0.481 e. The van der Waals surface area contributed by atoms with Gasteiger partial charge in [0, 0.05) is 16.5 Å². The van der Waals surface area contributed by atoms with Crippen LogP contribution < -0.4 is 10.1 Å². The first-order valence-corrected chi connectivity index (χ1v) is 9.12. The summed E-state index contributed by atoms with van der Waals surface area (Å²) in [6.07, 6.45) is 0. The second-order valence-corrected chi connectivity index (χ2v) is 7.07. The smallest absolute Gasteiger partial charge is 0.258 e. The Morgan fingerprint density at radius 2 is 1.96 bits per heavy atom. The molecule has 1 heterocycles. The SMILES string of the molecule is Cc1ccccc1-c1nc(C)c(CNC(=O)COc2ccc(F)cc2F)s1. The Hall–Kier alpha value is -2.80. The molecule has 0 aliphatic carbocycles. The van der Waals surface area contributed by atoms with Gasteiger partial charge in [0.2, 0.25) is 0 Å². The average Bonchev–Trinajstić information content (AvgIpc) is 3.00. The fourth-order valence-electron chi connectivity index (χ4n) is 2.49. The molecular formula is C20H18F2N2O2S. The van der Waals surface area contributed by atoms with Crippen molar-refractivity contribution in [3.05, 3.63) is 70.2 Å². The molecule has 0 aliphatic heterocycles. The Morgan fingerprint density at radius 3 is 2.70 bits per heavy atom. The molecule has 4 nitrogen and oxygen atoms in total. The first kappa shape index (κ1) is 19.0. The summed E-state index contributed by atoms with van der Waals surface area (Å²) in [6.45, 7) is 3.87. The average molecular weight is 388 g/mol. The maximum atomic E-state index is 13.5. The molecule has 2 aromatic carbocycles. The van der Waals surface area contributed by atoms with Gasteiger partial charge < -0.3 is 10.1 Å². The van der Waals surface area contributed by atoms with Crippen LogP contribution in [0.3, 0.4) is 0 Å². The van der Waals surface area contributed by atoms with Crippen molar-refractivity contribution in [1.82, 2.24) is 10.3 Å². The first-order chi connectivity index (χ1) is 12.9. The quantitative estimate of drug-likeness (QED) is 0.681. The highest BCUT2D eigenvalue weighted by molar-refractivity contribution is 7.15. The van der Waals surface area contributed by atoms with E-state index >= 15 is 0 Å². The summed E-state index contributed by atoms with van der Waals surface area (Å²) >= 11 is 1.52. The molecule has 1 amide bonds. The molecule has 0 radical (unpaired) electrons. The van der Waals surface area contributed by atoms with E-state index in [1.165, 1.54) is 11.3 Å².